The van der Waals surface area contributed by atoms with Crippen LogP contribution in [-0.4, -0.2) is 52.1 Å². The van der Waals surface area contributed by atoms with Crippen LogP contribution in [0.25, 0.3) is 11.0 Å². The van der Waals surface area contributed by atoms with Gasteiger partial charge in [0.1, 0.15) is 23.8 Å². The van der Waals surface area contributed by atoms with Crippen LogP contribution in [0.2, 0.25) is 0 Å². The van der Waals surface area contributed by atoms with E-state index >= 15 is 0 Å². The van der Waals surface area contributed by atoms with Gasteiger partial charge in [-0.3, -0.25) is 9.59 Å². The van der Waals surface area contributed by atoms with Crippen LogP contribution < -0.4 is 11.1 Å². The van der Waals surface area contributed by atoms with Crippen LogP contribution in [0.5, 0.6) is 0 Å². The molecule has 11 heteroatoms. The Morgan fingerprint density at radius 2 is 1.94 bits per heavy atom. The summed E-state index contributed by atoms with van der Waals surface area (Å²) in [6, 6.07) is 2.72. The molecule has 10 nitrogen and oxygen atoms in total. The number of ether oxygens (including phenoxy) is 2. The number of H-pyrrole nitrogens is 1. The van der Waals surface area contributed by atoms with Gasteiger partial charge in [0.25, 0.3) is 5.91 Å². The lowest BCUT2D eigenvalue weighted by Crippen LogP contribution is -2.42. The predicted molar refractivity (Wildman–Crippen MR) is 128 cm³/mol. The molecule has 3 heterocycles. The van der Waals surface area contributed by atoms with Gasteiger partial charge in [-0.2, -0.15) is 0 Å². The van der Waals surface area contributed by atoms with Gasteiger partial charge in [-0.05, 0) is 57.2 Å². The highest BCUT2D eigenvalue weighted by Crippen LogP contribution is 2.24. The Morgan fingerprint density at radius 3 is 2.71 bits per heavy atom. The van der Waals surface area contributed by atoms with Gasteiger partial charge in [0, 0.05) is 17.5 Å². The first-order valence-corrected chi connectivity index (χ1v) is 12.0. The number of esters is 2. The van der Waals surface area contributed by atoms with E-state index in [1.54, 1.807) is 19.9 Å². The van der Waals surface area contributed by atoms with E-state index in [4.69, 9.17) is 15.2 Å². The van der Waals surface area contributed by atoms with Gasteiger partial charge in [0.15, 0.2) is 0 Å². The molecule has 0 fully saturated rings. The summed E-state index contributed by atoms with van der Waals surface area (Å²) in [5, 5.41) is 3.54. The van der Waals surface area contributed by atoms with Gasteiger partial charge in [-0.25, -0.2) is 14.8 Å². The second kappa shape index (κ2) is 12.1. The number of carbonyl (C=O) groups excluding carboxylic acids is 3. The number of aromatic amines is 1. The maximum Gasteiger partial charge on any atom is 0.328 e. The van der Waals surface area contributed by atoms with Crippen molar-refractivity contribution in [1.82, 2.24) is 20.3 Å². The number of carbonyl (C=O) groups is 3. The quantitative estimate of drug-likeness (QED) is 0.330. The third-order valence-electron chi connectivity index (χ3n) is 5.15. The summed E-state index contributed by atoms with van der Waals surface area (Å²) >= 11 is 1.37. The van der Waals surface area contributed by atoms with E-state index in [1.807, 2.05) is 12.3 Å². The zero-order valence-corrected chi connectivity index (χ0v) is 20.1. The molecule has 1 unspecified atom stereocenters. The van der Waals surface area contributed by atoms with Crippen molar-refractivity contribution >= 4 is 46.0 Å². The summed E-state index contributed by atoms with van der Waals surface area (Å²) in [6.07, 6.45) is 5.87. The van der Waals surface area contributed by atoms with Crippen molar-refractivity contribution in [2.45, 2.75) is 52.0 Å². The number of nitrogens with two attached hydrogens (primary N) is 1. The van der Waals surface area contributed by atoms with Gasteiger partial charge in [-0.15, -0.1) is 11.3 Å². The third-order valence-corrected chi connectivity index (χ3v) is 6.30. The first-order chi connectivity index (χ1) is 16.4. The minimum atomic E-state index is -0.919. The highest BCUT2D eigenvalue weighted by atomic mass is 32.1. The summed E-state index contributed by atoms with van der Waals surface area (Å²) in [7, 11) is 0. The highest BCUT2D eigenvalue weighted by Gasteiger charge is 2.24. The normalized spacial score (nSPS) is 11.8. The zero-order chi connectivity index (χ0) is 24.5. The average Bonchev–Trinajstić information content (AvgIpc) is 3.45. The molecule has 0 radical (unpaired) electrons. The van der Waals surface area contributed by atoms with E-state index in [9.17, 15) is 14.4 Å². The average molecular weight is 488 g/mol. The topological polar surface area (TPSA) is 149 Å². The first-order valence-electron chi connectivity index (χ1n) is 11.2. The van der Waals surface area contributed by atoms with Crippen molar-refractivity contribution < 1.29 is 23.9 Å². The predicted octanol–water partition coefficient (Wildman–Crippen LogP) is 2.78. The van der Waals surface area contributed by atoms with Crippen molar-refractivity contribution in [2.75, 3.05) is 18.9 Å². The number of nitrogen functional groups attached to an aromatic ring is 1. The number of rotatable bonds is 12. The number of anilines is 1. The molecule has 3 aromatic rings. The van der Waals surface area contributed by atoms with E-state index < -0.39 is 18.0 Å². The molecule has 182 valence electrons. The number of amides is 1. The van der Waals surface area contributed by atoms with Gasteiger partial charge in [0.05, 0.1) is 23.5 Å². The van der Waals surface area contributed by atoms with Crippen LogP contribution in [0.1, 0.15) is 53.2 Å². The minimum absolute atomic E-state index is 0.0106. The molecule has 1 atom stereocenters. The number of aryl methyl sites for hydroxylation is 2. The van der Waals surface area contributed by atoms with Crippen molar-refractivity contribution in [3.8, 4) is 0 Å². The van der Waals surface area contributed by atoms with Crippen LogP contribution >= 0.6 is 11.3 Å². The second-order valence-corrected chi connectivity index (χ2v) is 8.71. The molecule has 0 aromatic carbocycles. The molecule has 0 saturated heterocycles. The summed E-state index contributed by atoms with van der Waals surface area (Å²) in [5.74, 6) is -0.915. The monoisotopic (exact) mass is 487 g/mol. The minimum Gasteiger partial charge on any atom is -0.466 e. The second-order valence-electron chi connectivity index (χ2n) is 7.54. The fourth-order valence-corrected chi connectivity index (χ4v) is 4.51. The van der Waals surface area contributed by atoms with Crippen LogP contribution in [0.15, 0.2) is 24.7 Å². The Hall–Kier alpha value is -3.47. The number of hydrogen-bond donors (Lipinski definition) is 3. The molecule has 0 spiro atoms. The fourth-order valence-electron chi connectivity index (χ4n) is 3.55. The summed E-state index contributed by atoms with van der Waals surface area (Å²) < 4.78 is 9.94. The molecule has 1 amide bonds. The van der Waals surface area contributed by atoms with Crippen LogP contribution in [0.3, 0.4) is 0 Å². The van der Waals surface area contributed by atoms with Gasteiger partial charge < -0.3 is 25.5 Å². The van der Waals surface area contributed by atoms with Gasteiger partial charge in [0.2, 0.25) is 0 Å². The Bertz CT molecular complexity index is 1140. The first kappa shape index (κ1) is 25.2. The van der Waals surface area contributed by atoms with E-state index in [2.05, 4.69) is 20.3 Å². The Kier molecular flexibility index (Phi) is 8.97. The third kappa shape index (κ3) is 6.53. The van der Waals surface area contributed by atoms with E-state index in [1.165, 1.54) is 17.7 Å². The lowest BCUT2D eigenvalue weighted by atomic mass is 10.1. The Labute approximate surface area is 201 Å². The highest BCUT2D eigenvalue weighted by molar-refractivity contribution is 7.14. The number of aromatic nitrogens is 3. The van der Waals surface area contributed by atoms with E-state index in [-0.39, 0.29) is 32.0 Å². The number of fused-ring (bicyclic) bond motifs is 1. The SMILES string of the molecule is CCOC(=O)CCC(NC(=O)c1ccc(CCCc2c[nH]c3ncnc(N)c23)s1)C(=O)OCC. The van der Waals surface area contributed by atoms with Crippen molar-refractivity contribution in [3.63, 3.8) is 0 Å². The Morgan fingerprint density at radius 1 is 1.15 bits per heavy atom. The van der Waals surface area contributed by atoms with Crippen molar-refractivity contribution in [2.24, 2.45) is 0 Å². The lowest BCUT2D eigenvalue weighted by molar-refractivity contribution is -0.146. The van der Waals surface area contributed by atoms with Crippen molar-refractivity contribution in [3.05, 3.63) is 40.0 Å². The molecule has 0 saturated carbocycles. The Balaban J connectivity index is 1.56. The molecular formula is C23H29N5O5S. The van der Waals surface area contributed by atoms with E-state index in [0.29, 0.717) is 10.7 Å². The van der Waals surface area contributed by atoms with Crippen LogP contribution in [0.4, 0.5) is 5.82 Å². The standard InChI is InChI=1S/C23H29N5O5S/c1-3-32-18(29)11-9-16(23(31)33-4-2)28-22(30)17-10-8-15(34-17)7-5-6-14-12-25-21-19(14)20(24)26-13-27-21/h8,10,12-13,16H,3-7,9,11H2,1-2H3,(H,28,30)(H3,24,25,26,27). The van der Waals surface area contributed by atoms with Crippen LogP contribution in [-0.2, 0) is 31.9 Å². The molecule has 0 aliphatic heterocycles. The molecule has 0 bridgehead atoms. The zero-order valence-electron chi connectivity index (χ0n) is 19.3. The molecule has 34 heavy (non-hydrogen) atoms. The summed E-state index contributed by atoms with van der Waals surface area (Å²) in [4.78, 5) is 49.5. The van der Waals surface area contributed by atoms with Crippen molar-refractivity contribution in [1.29, 1.82) is 0 Å². The molecule has 0 aliphatic carbocycles. The van der Waals surface area contributed by atoms with Gasteiger partial charge >= 0.3 is 11.9 Å². The maximum absolute atomic E-state index is 12.7. The largest absolute Gasteiger partial charge is 0.466 e. The number of hydrogen-bond acceptors (Lipinski definition) is 9. The number of nitrogens with zero attached hydrogens (tertiary/aromatic N) is 2. The fraction of sp³-hybridized carbons (Fsp3) is 0.435. The number of thiophene rings is 1. The molecule has 4 N–H and O–H groups in total. The molecule has 3 rings (SSSR count). The van der Waals surface area contributed by atoms with Crippen LogP contribution in [0, 0.1) is 0 Å². The number of nitrogens with one attached hydrogen (secondary N) is 2. The molecular weight excluding hydrogens is 458 g/mol. The summed E-state index contributed by atoms with van der Waals surface area (Å²) in [5.41, 5.74) is 7.76. The smallest absolute Gasteiger partial charge is 0.328 e. The van der Waals surface area contributed by atoms with Gasteiger partial charge in [-0.1, -0.05) is 0 Å². The molecule has 3 aromatic heterocycles. The summed E-state index contributed by atoms with van der Waals surface area (Å²) in [6.45, 7) is 3.84. The molecule has 0 aliphatic rings. The maximum atomic E-state index is 12.7. The lowest BCUT2D eigenvalue weighted by Gasteiger charge is -2.16. The van der Waals surface area contributed by atoms with E-state index in [0.717, 1.165) is 40.7 Å².